The Hall–Kier alpha value is -2.98. The average Bonchev–Trinajstić information content (AvgIpc) is 2.90. The number of carbonyl (C=O) groups excluding carboxylic acids is 2. The van der Waals surface area contributed by atoms with Gasteiger partial charge in [-0.3, -0.25) is 9.48 Å². The molecule has 0 bridgehead atoms. The van der Waals surface area contributed by atoms with Crippen LogP contribution < -0.4 is 10.0 Å². The van der Waals surface area contributed by atoms with E-state index in [1.54, 1.807) is 25.6 Å². The molecule has 2 rings (SSSR count). The SMILES string of the molecule is C=CCNS(=O)(=O)c1cccc(C(=O)OCC(=O)Nc2c(C)nn(C)c2C)c1. The van der Waals surface area contributed by atoms with Gasteiger partial charge in [0.15, 0.2) is 6.61 Å². The van der Waals surface area contributed by atoms with Gasteiger partial charge in [-0.1, -0.05) is 12.1 Å². The second-order valence-electron chi connectivity index (χ2n) is 5.96. The Kier molecular flexibility index (Phi) is 6.71. The van der Waals surface area contributed by atoms with E-state index in [9.17, 15) is 18.0 Å². The van der Waals surface area contributed by atoms with E-state index in [4.69, 9.17) is 4.74 Å². The average molecular weight is 406 g/mol. The minimum absolute atomic E-state index is 0.0167. The highest BCUT2D eigenvalue weighted by molar-refractivity contribution is 7.89. The zero-order valence-corrected chi connectivity index (χ0v) is 16.7. The molecule has 0 saturated carbocycles. The van der Waals surface area contributed by atoms with Gasteiger partial charge in [-0.2, -0.15) is 5.10 Å². The predicted octanol–water partition coefficient (Wildman–Crippen LogP) is 1.30. The van der Waals surface area contributed by atoms with Crippen LogP contribution in [0.15, 0.2) is 41.8 Å². The van der Waals surface area contributed by atoms with Gasteiger partial charge in [0.1, 0.15) is 0 Å². The number of aryl methyl sites for hydroxylation is 2. The van der Waals surface area contributed by atoms with Crippen LogP contribution in [-0.4, -0.2) is 43.2 Å². The van der Waals surface area contributed by atoms with Crippen molar-refractivity contribution in [3.05, 3.63) is 53.9 Å². The van der Waals surface area contributed by atoms with Crippen molar-refractivity contribution < 1.29 is 22.7 Å². The van der Waals surface area contributed by atoms with Gasteiger partial charge < -0.3 is 10.1 Å². The van der Waals surface area contributed by atoms with Gasteiger partial charge in [-0.25, -0.2) is 17.9 Å². The highest BCUT2D eigenvalue weighted by Crippen LogP contribution is 2.18. The third kappa shape index (κ3) is 5.05. The number of hydrogen-bond acceptors (Lipinski definition) is 6. The Balaban J connectivity index is 2.02. The summed E-state index contributed by atoms with van der Waals surface area (Å²) in [6, 6.07) is 5.35. The first-order chi connectivity index (χ1) is 13.2. The zero-order valence-electron chi connectivity index (χ0n) is 15.9. The van der Waals surface area contributed by atoms with Crippen LogP contribution in [0.2, 0.25) is 0 Å². The summed E-state index contributed by atoms with van der Waals surface area (Å²) in [5, 5.41) is 6.84. The summed E-state index contributed by atoms with van der Waals surface area (Å²) in [5.41, 5.74) is 1.99. The number of rotatable bonds is 8. The molecule has 0 aliphatic carbocycles. The van der Waals surface area contributed by atoms with Crippen molar-refractivity contribution in [2.45, 2.75) is 18.7 Å². The number of anilines is 1. The maximum atomic E-state index is 12.2. The molecular weight excluding hydrogens is 384 g/mol. The number of ether oxygens (including phenoxy) is 1. The first kappa shape index (κ1) is 21.3. The molecule has 0 spiro atoms. The van der Waals surface area contributed by atoms with Gasteiger partial charge in [0.25, 0.3) is 5.91 Å². The van der Waals surface area contributed by atoms with E-state index in [2.05, 4.69) is 21.7 Å². The number of esters is 1. The summed E-state index contributed by atoms with van der Waals surface area (Å²) in [6.45, 7) is 6.54. The standard InChI is InChI=1S/C18H22N4O5S/c1-5-9-19-28(25,26)15-8-6-7-14(10-15)18(24)27-11-16(23)20-17-12(2)21-22(4)13(17)3/h5-8,10,19H,1,9,11H2,2-4H3,(H,20,23). The Morgan fingerprint density at radius 3 is 2.64 bits per heavy atom. The molecule has 2 N–H and O–H groups in total. The summed E-state index contributed by atoms with van der Waals surface area (Å²) >= 11 is 0. The maximum Gasteiger partial charge on any atom is 0.338 e. The van der Waals surface area contributed by atoms with Gasteiger partial charge in [0, 0.05) is 13.6 Å². The minimum Gasteiger partial charge on any atom is -0.452 e. The summed E-state index contributed by atoms with van der Waals surface area (Å²) in [4.78, 5) is 24.2. The van der Waals surface area contributed by atoms with Crippen LogP contribution in [0, 0.1) is 13.8 Å². The molecule has 0 unspecified atom stereocenters. The Bertz CT molecular complexity index is 1010. The van der Waals surface area contributed by atoms with E-state index >= 15 is 0 Å². The van der Waals surface area contributed by atoms with Crippen LogP contribution in [0.3, 0.4) is 0 Å². The Morgan fingerprint density at radius 2 is 2.04 bits per heavy atom. The quantitative estimate of drug-likeness (QED) is 0.504. The van der Waals surface area contributed by atoms with Crippen molar-refractivity contribution in [1.29, 1.82) is 0 Å². The molecule has 0 aliphatic heterocycles. The van der Waals surface area contributed by atoms with E-state index in [0.717, 1.165) is 5.69 Å². The molecule has 1 aromatic carbocycles. The lowest BCUT2D eigenvalue weighted by Crippen LogP contribution is -2.24. The van der Waals surface area contributed by atoms with Crippen LogP contribution in [0.4, 0.5) is 5.69 Å². The third-order valence-electron chi connectivity index (χ3n) is 3.91. The minimum atomic E-state index is -3.78. The Labute approximate surface area is 163 Å². The van der Waals surface area contributed by atoms with Gasteiger partial charge in [-0.15, -0.1) is 6.58 Å². The number of benzene rings is 1. The van der Waals surface area contributed by atoms with Crippen molar-refractivity contribution in [2.24, 2.45) is 7.05 Å². The molecule has 10 heteroatoms. The molecule has 9 nitrogen and oxygen atoms in total. The second-order valence-corrected chi connectivity index (χ2v) is 7.73. The lowest BCUT2D eigenvalue weighted by atomic mass is 10.2. The number of sulfonamides is 1. The molecule has 0 radical (unpaired) electrons. The molecule has 0 fully saturated rings. The topological polar surface area (TPSA) is 119 Å². The first-order valence-electron chi connectivity index (χ1n) is 8.33. The van der Waals surface area contributed by atoms with Crippen molar-refractivity contribution >= 4 is 27.6 Å². The lowest BCUT2D eigenvalue weighted by molar-refractivity contribution is -0.119. The number of carbonyl (C=O) groups is 2. The fraction of sp³-hybridized carbons (Fsp3) is 0.278. The van der Waals surface area contributed by atoms with E-state index in [0.29, 0.717) is 11.4 Å². The highest BCUT2D eigenvalue weighted by Gasteiger charge is 2.18. The van der Waals surface area contributed by atoms with Crippen LogP contribution in [0.25, 0.3) is 0 Å². The molecule has 28 heavy (non-hydrogen) atoms. The molecule has 1 heterocycles. The van der Waals surface area contributed by atoms with Crippen LogP contribution in [-0.2, 0) is 26.6 Å². The monoisotopic (exact) mass is 406 g/mol. The number of hydrogen-bond donors (Lipinski definition) is 2. The number of amides is 1. The lowest BCUT2D eigenvalue weighted by Gasteiger charge is -2.09. The fourth-order valence-electron chi connectivity index (χ4n) is 2.39. The van der Waals surface area contributed by atoms with E-state index in [1.807, 2.05) is 0 Å². The van der Waals surface area contributed by atoms with Gasteiger partial charge >= 0.3 is 5.97 Å². The predicted molar refractivity (Wildman–Crippen MR) is 103 cm³/mol. The molecule has 2 aromatic rings. The molecule has 150 valence electrons. The van der Waals surface area contributed by atoms with E-state index < -0.39 is 28.5 Å². The maximum absolute atomic E-state index is 12.2. The van der Waals surface area contributed by atoms with Crippen molar-refractivity contribution in [3.8, 4) is 0 Å². The largest absolute Gasteiger partial charge is 0.452 e. The van der Waals surface area contributed by atoms with Crippen molar-refractivity contribution in [2.75, 3.05) is 18.5 Å². The summed E-state index contributed by atoms with van der Waals surface area (Å²) in [5.74, 6) is -1.33. The number of nitrogens with one attached hydrogen (secondary N) is 2. The molecular formula is C18H22N4O5S. The van der Waals surface area contributed by atoms with Gasteiger partial charge in [-0.05, 0) is 32.0 Å². The molecule has 1 amide bonds. The normalized spacial score (nSPS) is 11.1. The number of nitrogens with zero attached hydrogens (tertiary/aromatic N) is 2. The fourth-order valence-corrected chi connectivity index (χ4v) is 3.43. The van der Waals surface area contributed by atoms with Crippen LogP contribution in [0.1, 0.15) is 21.7 Å². The molecule has 0 saturated heterocycles. The third-order valence-corrected chi connectivity index (χ3v) is 5.33. The van der Waals surface area contributed by atoms with Gasteiger partial charge in [0.2, 0.25) is 10.0 Å². The van der Waals surface area contributed by atoms with E-state index in [-0.39, 0.29) is 17.0 Å². The van der Waals surface area contributed by atoms with Crippen LogP contribution in [0.5, 0.6) is 0 Å². The molecule has 0 aliphatic rings. The number of aromatic nitrogens is 2. The smallest absolute Gasteiger partial charge is 0.338 e. The van der Waals surface area contributed by atoms with E-state index in [1.165, 1.54) is 30.3 Å². The summed E-state index contributed by atoms with van der Waals surface area (Å²) < 4.78 is 33.2. The first-order valence-corrected chi connectivity index (χ1v) is 9.82. The summed E-state index contributed by atoms with van der Waals surface area (Å²) in [6.07, 6.45) is 1.40. The second kappa shape index (κ2) is 8.81. The van der Waals surface area contributed by atoms with Crippen LogP contribution >= 0.6 is 0 Å². The Morgan fingerprint density at radius 1 is 1.32 bits per heavy atom. The van der Waals surface area contributed by atoms with Crippen molar-refractivity contribution in [3.63, 3.8) is 0 Å². The molecule has 1 aromatic heterocycles. The molecule has 0 atom stereocenters. The summed E-state index contributed by atoms with van der Waals surface area (Å²) in [7, 11) is -2.02. The highest BCUT2D eigenvalue weighted by atomic mass is 32.2. The van der Waals surface area contributed by atoms with Gasteiger partial charge in [0.05, 0.1) is 27.5 Å². The van der Waals surface area contributed by atoms with Crippen molar-refractivity contribution in [1.82, 2.24) is 14.5 Å². The zero-order chi connectivity index (χ0) is 20.9.